The van der Waals surface area contributed by atoms with Crippen molar-refractivity contribution in [3.05, 3.63) is 29.6 Å². The Bertz CT molecular complexity index is 414. The number of nitrogens with zero attached hydrogens (tertiary/aromatic N) is 1. The number of nitrogens with one attached hydrogen (secondary N) is 1. The van der Waals surface area contributed by atoms with E-state index in [-0.39, 0.29) is 11.9 Å². The van der Waals surface area contributed by atoms with Gasteiger partial charge in [-0.1, -0.05) is 12.1 Å². The Morgan fingerprint density at radius 3 is 3.11 bits per heavy atom. The lowest BCUT2D eigenvalue weighted by Gasteiger charge is -2.30. The predicted molar refractivity (Wildman–Crippen MR) is 71.9 cm³/mol. The molecule has 1 heterocycles. The lowest BCUT2D eigenvalue weighted by Crippen LogP contribution is -2.42. The second kappa shape index (κ2) is 6.84. The molecule has 1 unspecified atom stereocenters. The Kier molecular flexibility index (Phi) is 5.13. The molecule has 1 saturated heterocycles. The molecule has 1 fully saturated rings. The van der Waals surface area contributed by atoms with Crippen LogP contribution in [0.15, 0.2) is 18.2 Å². The molecule has 0 amide bonds. The van der Waals surface area contributed by atoms with Crippen molar-refractivity contribution in [3.8, 4) is 5.75 Å². The van der Waals surface area contributed by atoms with Crippen LogP contribution in [-0.4, -0.2) is 51.4 Å². The molecule has 0 saturated carbocycles. The van der Waals surface area contributed by atoms with Gasteiger partial charge in [0.25, 0.3) is 0 Å². The van der Waals surface area contributed by atoms with Gasteiger partial charge in [0.05, 0.1) is 6.61 Å². The molecule has 1 atom stereocenters. The maximum absolute atomic E-state index is 13.8. The zero-order chi connectivity index (χ0) is 13.7. The molecule has 0 radical (unpaired) electrons. The number of ether oxygens (including phenoxy) is 2. The van der Waals surface area contributed by atoms with Gasteiger partial charge in [-0.3, -0.25) is 0 Å². The highest BCUT2D eigenvalue weighted by Gasteiger charge is 2.19. The van der Waals surface area contributed by atoms with Gasteiger partial charge in [-0.15, -0.1) is 0 Å². The van der Waals surface area contributed by atoms with Crippen LogP contribution >= 0.6 is 0 Å². The zero-order valence-corrected chi connectivity index (χ0v) is 11.5. The van der Waals surface area contributed by atoms with Crippen molar-refractivity contribution in [1.29, 1.82) is 0 Å². The maximum atomic E-state index is 13.8. The number of para-hydroxylation sites is 1. The third-order valence-corrected chi connectivity index (χ3v) is 3.17. The van der Waals surface area contributed by atoms with Gasteiger partial charge in [0.1, 0.15) is 12.7 Å². The molecule has 0 aromatic heterocycles. The third kappa shape index (κ3) is 3.89. The zero-order valence-electron chi connectivity index (χ0n) is 11.5. The van der Waals surface area contributed by atoms with E-state index in [0.717, 1.165) is 18.7 Å². The first kappa shape index (κ1) is 14.2. The number of morpholine rings is 1. The summed E-state index contributed by atoms with van der Waals surface area (Å²) in [5.74, 6) is 0.00518. The molecule has 1 aromatic rings. The normalized spacial score (nSPS) is 20.5. The summed E-state index contributed by atoms with van der Waals surface area (Å²) in [6.07, 6.45) is 0.000733. The van der Waals surface area contributed by atoms with Gasteiger partial charge in [-0.2, -0.15) is 0 Å². The SMILES string of the molecule is CNCc1cccc(F)c1OCC1CN(C)CCO1. The number of hydrogen-bond donors (Lipinski definition) is 1. The van der Waals surface area contributed by atoms with Crippen molar-refractivity contribution in [2.75, 3.05) is 40.4 Å². The molecule has 1 N–H and O–H groups in total. The molecule has 0 spiro atoms. The van der Waals surface area contributed by atoms with E-state index in [1.807, 2.05) is 20.2 Å². The minimum Gasteiger partial charge on any atom is -0.487 e. The molecule has 5 heteroatoms. The highest BCUT2D eigenvalue weighted by molar-refractivity contribution is 5.34. The first-order valence-electron chi connectivity index (χ1n) is 6.55. The van der Waals surface area contributed by atoms with Gasteiger partial charge in [0.15, 0.2) is 11.6 Å². The highest BCUT2D eigenvalue weighted by Crippen LogP contribution is 2.23. The van der Waals surface area contributed by atoms with Crippen LogP contribution in [0.5, 0.6) is 5.75 Å². The lowest BCUT2D eigenvalue weighted by atomic mass is 10.2. The summed E-state index contributed by atoms with van der Waals surface area (Å²) in [5, 5.41) is 3.01. The van der Waals surface area contributed by atoms with Gasteiger partial charge in [0.2, 0.25) is 0 Å². The highest BCUT2D eigenvalue weighted by atomic mass is 19.1. The van der Waals surface area contributed by atoms with Crippen molar-refractivity contribution in [3.63, 3.8) is 0 Å². The average molecular weight is 268 g/mol. The molecule has 0 aliphatic carbocycles. The van der Waals surface area contributed by atoms with Crippen molar-refractivity contribution in [2.24, 2.45) is 0 Å². The predicted octanol–water partition coefficient (Wildman–Crippen LogP) is 1.25. The van der Waals surface area contributed by atoms with Crippen molar-refractivity contribution in [1.82, 2.24) is 10.2 Å². The molecule has 0 bridgehead atoms. The number of rotatable bonds is 5. The minimum atomic E-state index is -0.322. The van der Waals surface area contributed by atoms with Crippen molar-refractivity contribution in [2.45, 2.75) is 12.6 Å². The van der Waals surface area contributed by atoms with E-state index in [0.29, 0.717) is 25.5 Å². The molecule has 1 aliphatic heterocycles. The summed E-state index contributed by atoms with van der Waals surface area (Å²) in [5.41, 5.74) is 0.826. The van der Waals surface area contributed by atoms with Crippen LogP contribution in [0.1, 0.15) is 5.56 Å². The Hall–Kier alpha value is -1.17. The van der Waals surface area contributed by atoms with Crippen LogP contribution < -0.4 is 10.1 Å². The van der Waals surface area contributed by atoms with E-state index in [4.69, 9.17) is 9.47 Å². The van der Waals surface area contributed by atoms with Crippen LogP contribution in [0.4, 0.5) is 4.39 Å². The fraction of sp³-hybridized carbons (Fsp3) is 0.571. The Morgan fingerprint density at radius 2 is 2.37 bits per heavy atom. The fourth-order valence-electron chi connectivity index (χ4n) is 2.19. The van der Waals surface area contributed by atoms with Crippen molar-refractivity contribution >= 4 is 0 Å². The van der Waals surface area contributed by atoms with E-state index in [1.54, 1.807) is 6.07 Å². The van der Waals surface area contributed by atoms with E-state index < -0.39 is 0 Å². The second-order valence-electron chi connectivity index (χ2n) is 4.82. The summed E-state index contributed by atoms with van der Waals surface area (Å²) in [6.45, 7) is 3.41. The Morgan fingerprint density at radius 1 is 1.53 bits per heavy atom. The Labute approximate surface area is 113 Å². The first-order chi connectivity index (χ1) is 9.20. The topological polar surface area (TPSA) is 33.7 Å². The number of halogens is 1. The first-order valence-corrected chi connectivity index (χ1v) is 6.55. The molecule has 1 aliphatic rings. The minimum absolute atomic E-state index is 0.000733. The largest absolute Gasteiger partial charge is 0.487 e. The van der Waals surface area contributed by atoms with Gasteiger partial charge >= 0.3 is 0 Å². The van der Waals surface area contributed by atoms with Crippen LogP contribution in [-0.2, 0) is 11.3 Å². The molecule has 106 valence electrons. The summed E-state index contributed by atoms with van der Waals surface area (Å²) in [6, 6.07) is 4.98. The summed E-state index contributed by atoms with van der Waals surface area (Å²) in [4.78, 5) is 2.19. The van der Waals surface area contributed by atoms with E-state index in [2.05, 4.69) is 10.2 Å². The quantitative estimate of drug-likeness (QED) is 0.871. The molecular formula is C14H21FN2O2. The monoisotopic (exact) mass is 268 g/mol. The summed E-state index contributed by atoms with van der Waals surface area (Å²) in [7, 11) is 3.87. The smallest absolute Gasteiger partial charge is 0.165 e. The van der Waals surface area contributed by atoms with Gasteiger partial charge in [-0.25, -0.2) is 4.39 Å². The summed E-state index contributed by atoms with van der Waals surface area (Å²) < 4.78 is 25.0. The van der Waals surface area contributed by atoms with Crippen LogP contribution in [0.25, 0.3) is 0 Å². The molecule has 4 nitrogen and oxygen atoms in total. The van der Waals surface area contributed by atoms with Crippen LogP contribution in [0.2, 0.25) is 0 Å². The number of hydrogen-bond acceptors (Lipinski definition) is 4. The molecule has 19 heavy (non-hydrogen) atoms. The summed E-state index contributed by atoms with van der Waals surface area (Å²) >= 11 is 0. The second-order valence-corrected chi connectivity index (χ2v) is 4.82. The van der Waals surface area contributed by atoms with E-state index in [9.17, 15) is 4.39 Å². The van der Waals surface area contributed by atoms with Crippen LogP contribution in [0, 0.1) is 5.82 Å². The van der Waals surface area contributed by atoms with Gasteiger partial charge in [0, 0.05) is 25.2 Å². The van der Waals surface area contributed by atoms with Crippen molar-refractivity contribution < 1.29 is 13.9 Å². The molecule has 2 rings (SSSR count). The van der Waals surface area contributed by atoms with E-state index >= 15 is 0 Å². The van der Waals surface area contributed by atoms with Crippen LogP contribution in [0.3, 0.4) is 0 Å². The maximum Gasteiger partial charge on any atom is 0.165 e. The molecule has 1 aromatic carbocycles. The fourth-order valence-corrected chi connectivity index (χ4v) is 2.19. The number of benzene rings is 1. The third-order valence-electron chi connectivity index (χ3n) is 3.17. The number of likely N-dealkylation sites (N-methyl/N-ethyl adjacent to an activating group) is 1. The Balaban J connectivity index is 1.98. The van der Waals surface area contributed by atoms with E-state index in [1.165, 1.54) is 6.07 Å². The molecular weight excluding hydrogens is 247 g/mol. The van der Waals surface area contributed by atoms with Gasteiger partial charge < -0.3 is 19.7 Å². The standard InChI is InChI=1S/C14H21FN2O2/c1-16-8-11-4-3-5-13(15)14(11)19-10-12-9-17(2)6-7-18-12/h3-5,12,16H,6-10H2,1-2H3. The average Bonchev–Trinajstić information content (AvgIpc) is 2.38. The lowest BCUT2D eigenvalue weighted by molar-refractivity contribution is -0.0409. The van der Waals surface area contributed by atoms with Gasteiger partial charge in [-0.05, 0) is 20.2 Å².